The Kier molecular flexibility index (Phi) is 3.53. The van der Waals surface area contributed by atoms with E-state index in [1.807, 2.05) is 0 Å². The molecule has 1 unspecified atom stereocenters. The smallest absolute Gasteiger partial charge is 0.152 e. The number of rotatable bonds is 3. The minimum Gasteiger partial charge on any atom is -0.377 e. The van der Waals surface area contributed by atoms with Crippen LogP contribution in [0.25, 0.3) is 0 Å². The van der Waals surface area contributed by atoms with E-state index >= 15 is 0 Å². The van der Waals surface area contributed by atoms with Gasteiger partial charge in [0.25, 0.3) is 0 Å². The van der Waals surface area contributed by atoms with Gasteiger partial charge in [-0.25, -0.2) is 8.42 Å². The van der Waals surface area contributed by atoms with Crippen LogP contribution in [-0.2, 0) is 14.6 Å². The molecule has 1 aliphatic heterocycles. The Balaban J connectivity index is 2.39. The van der Waals surface area contributed by atoms with Crippen LogP contribution in [0.3, 0.4) is 0 Å². The number of hydrogen-bond donors (Lipinski definition) is 0. The van der Waals surface area contributed by atoms with Gasteiger partial charge in [-0.05, 0) is 19.3 Å². The van der Waals surface area contributed by atoms with Crippen molar-refractivity contribution in [3.8, 4) is 0 Å². The van der Waals surface area contributed by atoms with Crippen LogP contribution in [0.2, 0.25) is 0 Å². The van der Waals surface area contributed by atoms with Crippen LogP contribution >= 0.6 is 0 Å². The molecular formula is C8H16O3S. The highest BCUT2D eigenvalue weighted by Gasteiger charge is 2.20. The third-order valence-corrected chi connectivity index (χ3v) is 3.91. The van der Waals surface area contributed by atoms with Crippen LogP contribution in [0, 0.1) is 0 Å². The van der Waals surface area contributed by atoms with Gasteiger partial charge < -0.3 is 4.74 Å². The van der Waals surface area contributed by atoms with Gasteiger partial charge in [-0.1, -0.05) is 6.92 Å². The Morgan fingerprint density at radius 2 is 2.17 bits per heavy atom. The zero-order valence-corrected chi connectivity index (χ0v) is 8.27. The van der Waals surface area contributed by atoms with Crippen LogP contribution in [0.5, 0.6) is 0 Å². The molecular weight excluding hydrogens is 176 g/mol. The van der Waals surface area contributed by atoms with Crippen molar-refractivity contribution in [2.24, 2.45) is 0 Å². The summed E-state index contributed by atoms with van der Waals surface area (Å²) in [5.41, 5.74) is 0. The highest BCUT2D eigenvalue weighted by Crippen LogP contribution is 2.14. The van der Waals surface area contributed by atoms with Gasteiger partial charge in [0.05, 0.1) is 11.9 Å². The average Bonchev–Trinajstić information content (AvgIpc) is 2.06. The van der Waals surface area contributed by atoms with E-state index in [-0.39, 0.29) is 17.6 Å². The summed E-state index contributed by atoms with van der Waals surface area (Å²) in [5, 5.41) is 0. The second-order valence-corrected chi connectivity index (χ2v) is 5.59. The molecule has 1 rings (SSSR count). The van der Waals surface area contributed by atoms with Crippen LogP contribution in [0.15, 0.2) is 0 Å². The first-order chi connectivity index (χ1) is 5.64. The van der Waals surface area contributed by atoms with E-state index in [2.05, 4.69) is 0 Å². The Bertz CT molecular complexity index is 214. The Labute approximate surface area is 74.0 Å². The van der Waals surface area contributed by atoms with E-state index < -0.39 is 9.84 Å². The highest BCUT2D eigenvalue weighted by molar-refractivity contribution is 7.91. The lowest BCUT2D eigenvalue weighted by molar-refractivity contribution is 0.0305. The molecule has 0 aromatic heterocycles. The van der Waals surface area contributed by atoms with Gasteiger partial charge in [0.2, 0.25) is 0 Å². The Morgan fingerprint density at radius 1 is 1.42 bits per heavy atom. The largest absolute Gasteiger partial charge is 0.377 e. The fourth-order valence-electron chi connectivity index (χ4n) is 1.34. The average molecular weight is 192 g/mol. The minimum absolute atomic E-state index is 0.0382. The van der Waals surface area contributed by atoms with Crippen LogP contribution in [0.1, 0.15) is 26.2 Å². The summed E-state index contributed by atoms with van der Waals surface area (Å²) < 4.78 is 27.7. The molecule has 0 N–H and O–H groups in total. The molecule has 1 saturated heterocycles. The van der Waals surface area contributed by atoms with E-state index in [9.17, 15) is 8.42 Å². The highest BCUT2D eigenvalue weighted by atomic mass is 32.2. The lowest BCUT2D eigenvalue weighted by atomic mass is 10.1. The van der Waals surface area contributed by atoms with Gasteiger partial charge in [-0.3, -0.25) is 0 Å². The van der Waals surface area contributed by atoms with E-state index in [0.29, 0.717) is 0 Å². The van der Waals surface area contributed by atoms with Gasteiger partial charge in [0.1, 0.15) is 0 Å². The molecule has 1 heterocycles. The third kappa shape index (κ3) is 3.11. The van der Waals surface area contributed by atoms with Gasteiger partial charge in [-0.2, -0.15) is 0 Å². The summed E-state index contributed by atoms with van der Waals surface area (Å²) in [7, 11) is -2.84. The van der Waals surface area contributed by atoms with Gasteiger partial charge >= 0.3 is 0 Å². The molecule has 0 saturated carbocycles. The van der Waals surface area contributed by atoms with E-state index in [4.69, 9.17) is 4.74 Å². The second-order valence-electron chi connectivity index (χ2n) is 3.19. The van der Waals surface area contributed by atoms with Crippen molar-refractivity contribution in [3.63, 3.8) is 0 Å². The summed E-state index contributed by atoms with van der Waals surface area (Å²) in [6.45, 7) is 2.40. The van der Waals surface area contributed by atoms with Crippen LogP contribution in [0.4, 0.5) is 0 Å². The summed E-state index contributed by atoms with van der Waals surface area (Å²) >= 11 is 0. The van der Waals surface area contributed by atoms with E-state index in [1.165, 1.54) is 0 Å². The van der Waals surface area contributed by atoms with Crippen molar-refractivity contribution in [1.82, 2.24) is 0 Å². The van der Waals surface area contributed by atoms with Crippen molar-refractivity contribution >= 4 is 9.84 Å². The molecule has 0 aliphatic carbocycles. The van der Waals surface area contributed by atoms with Crippen molar-refractivity contribution < 1.29 is 13.2 Å². The number of sulfone groups is 1. The van der Waals surface area contributed by atoms with Crippen molar-refractivity contribution in [2.45, 2.75) is 32.3 Å². The van der Waals surface area contributed by atoms with Crippen LogP contribution in [-0.4, -0.2) is 32.6 Å². The maximum absolute atomic E-state index is 11.2. The van der Waals surface area contributed by atoms with Crippen molar-refractivity contribution in [2.75, 3.05) is 18.1 Å². The molecule has 72 valence electrons. The normalized spacial score (nSPS) is 25.6. The quantitative estimate of drug-likeness (QED) is 0.669. The molecule has 1 fully saturated rings. The summed E-state index contributed by atoms with van der Waals surface area (Å²) in [5.74, 6) is 0.441. The SMILES string of the molecule is CCS(=O)(=O)CC1CCCCO1. The molecule has 3 nitrogen and oxygen atoms in total. The molecule has 1 aliphatic rings. The van der Waals surface area contributed by atoms with Gasteiger partial charge in [0, 0.05) is 12.4 Å². The topological polar surface area (TPSA) is 43.4 Å². The molecule has 0 aromatic carbocycles. The number of ether oxygens (including phenoxy) is 1. The Hall–Kier alpha value is -0.0900. The maximum Gasteiger partial charge on any atom is 0.152 e. The summed E-state index contributed by atoms with van der Waals surface area (Å²) in [6.07, 6.45) is 3.04. The third-order valence-electron chi connectivity index (χ3n) is 2.15. The first-order valence-electron chi connectivity index (χ1n) is 4.46. The number of hydrogen-bond acceptors (Lipinski definition) is 3. The van der Waals surface area contributed by atoms with E-state index in [1.54, 1.807) is 6.92 Å². The molecule has 0 amide bonds. The lowest BCUT2D eigenvalue weighted by Gasteiger charge is -2.21. The molecule has 0 radical (unpaired) electrons. The molecule has 4 heteroatoms. The molecule has 0 bridgehead atoms. The Morgan fingerprint density at radius 3 is 2.67 bits per heavy atom. The fraction of sp³-hybridized carbons (Fsp3) is 1.00. The van der Waals surface area contributed by atoms with E-state index in [0.717, 1.165) is 25.9 Å². The molecule has 0 spiro atoms. The molecule has 0 aromatic rings. The van der Waals surface area contributed by atoms with Gasteiger partial charge in [0.15, 0.2) is 9.84 Å². The lowest BCUT2D eigenvalue weighted by Crippen LogP contribution is -2.28. The minimum atomic E-state index is -2.84. The van der Waals surface area contributed by atoms with Crippen molar-refractivity contribution in [1.29, 1.82) is 0 Å². The first-order valence-corrected chi connectivity index (χ1v) is 6.28. The second kappa shape index (κ2) is 4.23. The standard InChI is InChI=1S/C8H16O3S/c1-2-12(9,10)7-8-5-3-4-6-11-8/h8H,2-7H2,1H3. The summed E-state index contributed by atoms with van der Waals surface area (Å²) in [4.78, 5) is 0. The zero-order valence-electron chi connectivity index (χ0n) is 7.45. The zero-order chi connectivity index (χ0) is 9.03. The predicted molar refractivity (Wildman–Crippen MR) is 47.9 cm³/mol. The fourth-order valence-corrected chi connectivity index (χ4v) is 2.40. The van der Waals surface area contributed by atoms with Crippen molar-refractivity contribution in [3.05, 3.63) is 0 Å². The molecule has 12 heavy (non-hydrogen) atoms. The summed E-state index contributed by atoms with van der Waals surface area (Å²) in [6, 6.07) is 0. The molecule has 1 atom stereocenters. The van der Waals surface area contributed by atoms with Crippen LogP contribution < -0.4 is 0 Å². The maximum atomic E-state index is 11.2. The monoisotopic (exact) mass is 192 g/mol. The first kappa shape index (κ1) is 9.99. The van der Waals surface area contributed by atoms with Gasteiger partial charge in [-0.15, -0.1) is 0 Å². The predicted octanol–water partition coefficient (Wildman–Crippen LogP) is 0.990.